The van der Waals surface area contributed by atoms with Crippen LogP contribution < -0.4 is 10.1 Å². The standard InChI is InChI=1S/C22H21FN4O3S/c1-30-18-10-4-14(5-11-18)22(29)27-12-2-3-15(13-27)20-25-26-21(31-20)19(28)24-17-8-6-16(23)7-9-17/h4-11,15H,2-3,12-13H2,1H3,(H,24,28)/t15-/m1/s1. The summed E-state index contributed by atoms with van der Waals surface area (Å²) >= 11 is 1.22. The maximum absolute atomic E-state index is 13.0. The number of amides is 2. The van der Waals surface area contributed by atoms with Gasteiger partial charge in [-0.2, -0.15) is 0 Å². The average molecular weight is 441 g/mol. The van der Waals surface area contributed by atoms with E-state index in [0.29, 0.717) is 30.1 Å². The molecular formula is C22H21FN4O3S. The van der Waals surface area contributed by atoms with E-state index in [0.717, 1.165) is 17.8 Å². The Morgan fingerprint density at radius 1 is 1.13 bits per heavy atom. The molecule has 2 heterocycles. The van der Waals surface area contributed by atoms with Gasteiger partial charge in [-0.05, 0) is 61.4 Å². The smallest absolute Gasteiger partial charge is 0.286 e. The third kappa shape index (κ3) is 4.88. The van der Waals surface area contributed by atoms with Crippen LogP contribution in [-0.4, -0.2) is 47.1 Å². The first-order valence-electron chi connectivity index (χ1n) is 9.87. The highest BCUT2D eigenvalue weighted by atomic mass is 32.1. The van der Waals surface area contributed by atoms with E-state index in [2.05, 4.69) is 15.5 Å². The van der Waals surface area contributed by atoms with Gasteiger partial charge in [-0.3, -0.25) is 9.59 Å². The van der Waals surface area contributed by atoms with E-state index >= 15 is 0 Å². The summed E-state index contributed by atoms with van der Waals surface area (Å²) in [6.45, 7) is 1.21. The molecule has 1 fully saturated rings. The number of aromatic nitrogens is 2. The lowest BCUT2D eigenvalue weighted by Gasteiger charge is -2.31. The number of carbonyl (C=O) groups excluding carboxylic acids is 2. The molecule has 0 bridgehead atoms. The van der Waals surface area contributed by atoms with Crippen LogP contribution in [0, 0.1) is 5.82 Å². The number of piperidine rings is 1. The number of methoxy groups -OCH3 is 1. The molecule has 2 amide bonds. The van der Waals surface area contributed by atoms with Crippen LogP contribution in [0.25, 0.3) is 0 Å². The Labute approximate surface area is 182 Å². The van der Waals surface area contributed by atoms with Gasteiger partial charge < -0.3 is 15.0 Å². The highest BCUT2D eigenvalue weighted by Gasteiger charge is 2.28. The molecule has 0 saturated carbocycles. The monoisotopic (exact) mass is 440 g/mol. The second kappa shape index (κ2) is 9.22. The molecule has 2 aromatic carbocycles. The topological polar surface area (TPSA) is 84.4 Å². The Hall–Kier alpha value is -3.33. The summed E-state index contributed by atoms with van der Waals surface area (Å²) in [5.74, 6) is -0.0695. The summed E-state index contributed by atoms with van der Waals surface area (Å²) in [6, 6.07) is 12.6. The van der Waals surface area contributed by atoms with Crippen LogP contribution in [0.5, 0.6) is 5.75 Å². The van der Waals surface area contributed by atoms with Gasteiger partial charge in [0.05, 0.1) is 7.11 Å². The first-order chi connectivity index (χ1) is 15.0. The first-order valence-corrected chi connectivity index (χ1v) is 10.7. The zero-order valence-corrected chi connectivity index (χ0v) is 17.7. The summed E-state index contributed by atoms with van der Waals surface area (Å²) in [4.78, 5) is 27.1. The van der Waals surface area contributed by atoms with Crippen LogP contribution in [0.3, 0.4) is 0 Å². The Kier molecular flexibility index (Phi) is 6.22. The molecule has 0 spiro atoms. The third-order valence-electron chi connectivity index (χ3n) is 5.13. The van der Waals surface area contributed by atoms with Gasteiger partial charge in [0.1, 0.15) is 16.6 Å². The molecule has 7 nitrogen and oxygen atoms in total. The number of anilines is 1. The molecule has 1 atom stereocenters. The molecule has 3 aromatic rings. The van der Waals surface area contributed by atoms with Crippen molar-refractivity contribution in [3.63, 3.8) is 0 Å². The number of hydrogen-bond donors (Lipinski definition) is 1. The number of carbonyl (C=O) groups is 2. The SMILES string of the molecule is COc1ccc(C(=O)N2CCC[C@@H](c3nnc(C(=O)Nc4ccc(F)cc4)s3)C2)cc1. The second-order valence-electron chi connectivity index (χ2n) is 7.23. The van der Waals surface area contributed by atoms with E-state index in [1.165, 1.54) is 35.6 Å². The van der Waals surface area contributed by atoms with Crippen LogP contribution >= 0.6 is 11.3 Å². The first kappa shape index (κ1) is 20.9. The molecule has 0 unspecified atom stereocenters. The summed E-state index contributed by atoms with van der Waals surface area (Å²) in [7, 11) is 1.59. The van der Waals surface area contributed by atoms with Gasteiger partial charge in [0.2, 0.25) is 5.01 Å². The van der Waals surface area contributed by atoms with Gasteiger partial charge in [0.15, 0.2) is 0 Å². The molecule has 0 radical (unpaired) electrons. The van der Waals surface area contributed by atoms with Crippen molar-refractivity contribution in [2.45, 2.75) is 18.8 Å². The Morgan fingerprint density at radius 2 is 1.87 bits per heavy atom. The lowest BCUT2D eigenvalue weighted by molar-refractivity contribution is 0.0706. The van der Waals surface area contributed by atoms with E-state index in [4.69, 9.17) is 4.74 Å². The molecule has 160 valence electrons. The fraction of sp³-hybridized carbons (Fsp3) is 0.273. The van der Waals surface area contributed by atoms with Crippen LogP contribution in [0.4, 0.5) is 10.1 Å². The minimum atomic E-state index is -0.391. The summed E-state index contributed by atoms with van der Waals surface area (Å²) < 4.78 is 18.2. The Bertz CT molecular complexity index is 1070. The minimum absolute atomic E-state index is 0.0285. The number of ether oxygens (including phenoxy) is 1. The van der Waals surface area contributed by atoms with Crippen molar-refractivity contribution in [2.24, 2.45) is 0 Å². The highest BCUT2D eigenvalue weighted by molar-refractivity contribution is 7.13. The van der Waals surface area contributed by atoms with Crippen molar-refractivity contribution in [2.75, 3.05) is 25.5 Å². The van der Waals surface area contributed by atoms with Crippen molar-refractivity contribution in [3.8, 4) is 5.75 Å². The van der Waals surface area contributed by atoms with E-state index in [1.54, 1.807) is 31.4 Å². The number of benzene rings is 2. The minimum Gasteiger partial charge on any atom is -0.497 e. The second-order valence-corrected chi connectivity index (χ2v) is 8.23. The Morgan fingerprint density at radius 3 is 2.58 bits per heavy atom. The summed E-state index contributed by atoms with van der Waals surface area (Å²) in [6.07, 6.45) is 1.73. The van der Waals surface area contributed by atoms with Gasteiger partial charge in [-0.15, -0.1) is 10.2 Å². The van der Waals surface area contributed by atoms with Gasteiger partial charge >= 0.3 is 0 Å². The van der Waals surface area contributed by atoms with Crippen molar-refractivity contribution >= 4 is 28.8 Å². The van der Waals surface area contributed by atoms with Gasteiger partial charge in [0.25, 0.3) is 11.8 Å². The number of nitrogens with one attached hydrogen (secondary N) is 1. The van der Waals surface area contributed by atoms with Crippen molar-refractivity contribution in [1.82, 2.24) is 15.1 Å². The number of nitrogens with zero attached hydrogens (tertiary/aromatic N) is 3. The highest BCUT2D eigenvalue weighted by Crippen LogP contribution is 2.30. The maximum Gasteiger partial charge on any atom is 0.286 e. The zero-order valence-electron chi connectivity index (χ0n) is 16.9. The van der Waals surface area contributed by atoms with Crippen LogP contribution in [0.1, 0.15) is 43.9 Å². The van der Waals surface area contributed by atoms with Crippen molar-refractivity contribution in [1.29, 1.82) is 0 Å². The normalized spacial score (nSPS) is 16.1. The average Bonchev–Trinajstić information content (AvgIpc) is 3.31. The number of halogens is 1. The zero-order chi connectivity index (χ0) is 21.8. The van der Waals surface area contributed by atoms with E-state index in [-0.39, 0.29) is 22.6 Å². The Balaban J connectivity index is 1.41. The predicted octanol–water partition coefficient (Wildman–Crippen LogP) is 3.96. The maximum atomic E-state index is 13.0. The van der Waals surface area contributed by atoms with Gasteiger partial charge in [0, 0.05) is 30.3 Å². The number of likely N-dealkylation sites (tertiary alicyclic amines) is 1. The lowest BCUT2D eigenvalue weighted by atomic mass is 9.98. The van der Waals surface area contributed by atoms with E-state index < -0.39 is 5.91 Å². The van der Waals surface area contributed by atoms with E-state index in [1.807, 2.05) is 4.90 Å². The molecule has 1 saturated heterocycles. The van der Waals surface area contributed by atoms with Crippen molar-refractivity contribution < 1.29 is 18.7 Å². The summed E-state index contributed by atoms with van der Waals surface area (Å²) in [5.41, 5.74) is 1.09. The fourth-order valence-corrected chi connectivity index (χ4v) is 4.35. The van der Waals surface area contributed by atoms with Crippen LogP contribution in [0.15, 0.2) is 48.5 Å². The van der Waals surface area contributed by atoms with Crippen LogP contribution in [0.2, 0.25) is 0 Å². The third-order valence-corrected chi connectivity index (χ3v) is 6.22. The summed E-state index contributed by atoms with van der Waals surface area (Å²) in [5, 5.41) is 11.9. The number of rotatable bonds is 5. The lowest BCUT2D eigenvalue weighted by Crippen LogP contribution is -2.39. The largest absolute Gasteiger partial charge is 0.497 e. The molecule has 31 heavy (non-hydrogen) atoms. The molecule has 1 aliphatic rings. The van der Waals surface area contributed by atoms with Gasteiger partial charge in [-0.25, -0.2) is 4.39 Å². The molecule has 1 N–H and O–H groups in total. The molecular weight excluding hydrogens is 419 g/mol. The fourth-order valence-electron chi connectivity index (χ4n) is 3.49. The quantitative estimate of drug-likeness (QED) is 0.649. The number of hydrogen-bond acceptors (Lipinski definition) is 6. The molecule has 9 heteroatoms. The molecule has 1 aromatic heterocycles. The van der Waals surface area contributed by atoms with Crippen LogP contribution in [-0.2, 0) is 0 Å². The van der Waals surface area contributed by atoms with E-state index in [9.17, 15) is 14.0 Å². The molecule has 4 rings (SSSR count). The molecule has 1 aliphatic heterocycles. The van der Waals surface area contributed by atoms with Crippen molar-refractivity contribution in [3.05, 3.63) is 69.9 Å². The van der Waals surface area contributed by atoms with Gasteiger partial charge in [-0.1, -0.05) is 11.3 Å². The predicted molar refractivity (Wildman–Crippen MR) is 115 cm³/mol. The molecule has 0 aliphatic carbocycles.